The third-order valence-corrected chi connectivity index (χ3v) is 4.99. The first-order chi connectivity index (χ1) is 14.3. The molecule has 10 heteroatoms. The average Bonchev–Trinajstić information content (AvgIpc) is 3.38. The standard InChI is InChI=1S/C20H20F3N5O2/c1-11-24-8-15(16-9-28(2)27-18(16)20(21,22)23)19(26-11)30-10-12-6-14(12)17-5-4-13(29-3)7-25-17/h4-5,7-9,12,14H,6,10H2,1-3H3. The largest absolute Gasteiger partial charge is 0.495 e. The maximum atomic E-state index is 13.4. The summed E-state index contributed by atoms with van der Waals surface area (Å²) >= 11 is 0. The van der Waals surface area contributed by atoms with Gasteiger partial charge in [0, 0.05) is 42.5 Å². The molecule has 0 saturated heterocycles. The molecule has 0 amide bonds. The van der Waals surface area contributed by atoms with Crippen LogP contribution in [0.15, 0.2) is 30.7 Å². The molecule has 1 aliphatic carbocycles. The molecule has 0 radical (unpaired) electrons. The van der Waals surface area contributed by atoms with E-state index in [1.165, 1.54) is 19.4 Å². The summed E-state index contributed by atoms with van der Waals surface area (Å²) in [5.74, 6) is 1.67. The van der Waals surface area contributed by atoms with E-state index in [2.05, 4.69) is 20.1 Å². The monoisotopic (exact) mass is 419 g/mol. The first-order valence-electron chi connectivity index (χ1n) is 9.34. The molecule has 158 valence electrons. The molecule has 3 aromatic rings. The number of aryl methyl sites for hydroxylation is 2. The number of rotatable bonds is 6. The highest BCUT2D eigenvalue weighted by Crippen LogP contribution is 2.47. The van der Waals surface area contributed by atoms with Crippen LogP contribution in [0.5, 0.6) is 11.6 Å². The van der Waals surface area contributed by atoms with Crippen LogP contribution in [0, 0.1) is 12.8 Å². The highest BCUT2D eigenvalue weighted by molar-refractivity contribution is 5.70. The summed E-state index contributed by atoms with van der Waals surface area (Å²) in [6.07, 6.45) is 0.600. The van der Waals surface area contributed by atoms with Crippen LogP contribution in [-0.4, -0.2) is 38.4 Å². The van der Waals surface area contributed by atoms with Crippen molar-refractivity contribution in [3.05, 3.63) is 47.9 Å². The second-order valence-corrected chi connectivity index (χ2v) is 7.24. The Labute approximate surface area is 170 Å². The molecule has 2 unspecified atom stereocenters. The number of methoxy groups -OCH3 is 1. The summed E-state index contributed by atoms with van der Waals surface area (Å²) in [6.45, 7) is 1.98. The molecule has 0 spiro atoms. The molecule has 0 N–H and O–H groups in total. The molecule has 4 rings (SSSR count). The predicted octanol–water partition coefficient (Wildman–Crippen LogP) is 3.79. The zero-order valence-electron chi connectivity index (χ0n) is 16.6. The number of ether oxygens (including phenoxy) is 2. The van der Waals surface area contributed by atoms with Crippen LogP contribution < -0.4 is 9.47 Å². The quantitative estimate of drug-likeness (QED) is 0.605. The van der Waals surface area contributed by atoms with E-state index >= 15 is 0 Å². The van der Waals surface area contributed by atoms with Gasteiger partial charge in [0.15, 0.2) is 5.69 Å². The maximum Gasteiger partial charge on any atom is 0.435 e. The maximum absolute atomic E-state index is 13.4. The average molecular weight is 419 g/mol. The molecular weight excluding hydrogens is 399 g/mol. The summed E-state index contributed by atoms with van der Waals surface area (Å²) in [6, 6.07) is 3.76. The first kappa shape index (κ1) is 20.1. The fraction of sp³-hybridized carbons (Fsp3) is 0.400. The van der Waals surface area contributed by atoms with Gasteiger partial charge >= 0.3 is 6.18 Å². The molecule has 0 aliphatic heterocycles. The molecular formula is C20H20F3N5O2. The molecule has 7 nitrogen and oxygen atoms in total. The SMILES string of the molecule is COc1ccc(C2CC2COc2nc(C)ncc2-c2cn(C)nc2C(F)(F)F)nc1. The van der Waals surface area contributed by atoms with Crippen LogP contribution in [-0.2, 0) is 13.2 Å². The van der Waals surface area contributed by atoms with Crippen LogP contribution in [0.2, 0.25) is 0 Å². The van der Waals surface area contributed by atoms with Gasteiger partial charge in [0.05, 0.1) is 25.5 Å². The highest BCUT2D eigenvalue weighted by atomic mass is 19.4. The molecule has 0 aromatic carbocycles. The van der Waals surface area contributed by atoms with Crippen molar-refractivity contribution < 1.29 is 22.6 Å². The smallest absolute Gasteiger partial charge is 0.435 e. The summed E-state index contributed by atoms with van der Waals surface area (Å²) in [7, 11) is 3.02. The minimum Gasteiger partial charge on any atom is -0.495 e. The molecule has 3 aromatic heterocycles. The molecule has 30 heavy (non-hydrogen) atoms. The minimum atomic E-state index is -4.60. The second kappa shape index (κ2) is 7.58. The highest BCUT2D eigenvalue weighted by Gasteiger charge is 2.41. The lowest BCUT2D eigenvalue weighted by molar-refractivity contribution is -0.140. The van der Waals surface area contributed by atoms with Gasteiger partial charge in [-0.05, 0) is 25.5 Å². The van der Waals surface area contributed by atoms with Gasteiger partial charge in [0.2, 0.25) is 5.88 Å². The summed E-state index contributed by atoms with van der Waals surface area (Å²) in [5.41, 5.74) is 0.00843. The van der Waals surface area contributed by atoms with Crippen LogP contribution in [0.25, 0.3) is 11.1 Å². The van der Waals surface area contributed by atoms with Crippen molar-refractivity contribution in [3.63, 3.8) is 0 Å². The fourth-order valence-corrected chi connectivity index (χ4v) is 3.35. The van der Waals surface area contributed by atoms with E-state index in [9.17, 15) is 13.2 Å². The van der Waals surface area contributed by atoms with Crippen molar-refractivity contribution in [1.82, 2.24) is 24.7 Å². The van der Waals surface area contributed by atoms with E-state index in [0.717, 1.165) is 16.8 Å². The predicted molar refractivity (Wildman–Crippen MR) is 101 cm³/mol. The zero-order chi connectivity index (χ0) is 21.5. The van der Waals surface area contributed by atoms with Crippen molar-refractivity contribution >= 4 is 0 Å². The lowest BCUT2D eigenvalue weighted by atomic mass is 10.1. The van der Waals surface area contributed by atoms with E-state index in [1.807, 2.05) is 12.1 Å². The normalized spacial score (nSPS) is 18.3. The van der Waals surface area contributed by atoms with Crippen molar-refractivity contribution in [2.45, 2.75) is 25.4 Å². The minimum absolute atomic E-state index is 0.107. The van der Waals surface area contributed by atoms with E-state index in [4.69, 9.17) is 9.47 Å². The number of hydrogen-bond acceptors (Lipinski definition) is 6. The fourth-order valence-electron chi connectivity index (χ4n) is 3.35. The van der Waals surface area contributed by atoms with Crippen molar-refractivity contribution in [2.75, 3.05) is 13.7 Å². The first-order valence-corrected chi connectivity index (χ1v) is 9.34. The van der Waals surface area contributed by atoms with Gasteiger partial charge in [-0.25, -0.2) is 4.98 Å². The van der Waals surface area contributed by atoms with Gasteiger partial charge in [-0.1, -0.05) is 0 Å². The number of hydrogen-bond donors (Lipinski definition) is 0. The summed E-state index contributed by atoms with van der Waals surface area (Å²) in [5, 5.41) is 3.56. The number of pyridine rings is 1. The van der Waals surface area contributed by atoms with Crippen LogP contribution in [0.3, 0.4) is 0 Å². The van der Waals surface area contributed by atoms with E-state index < -0.39 is 11.9 Å². The number of nitrogens with zero attached hydrogens (tertiary/aromatic N) is 5. The molecule has 0 bridgehead atoms. The topological polar surface area (TPSA) is 75.0 Å². The van der Waals surface area contributed by atoms with E-state index in [-0.39, 0.29) is 28.8 Å². The molecule has 1 saturated carbocycles. The van der Waals surface area contributed by atoms with Crippen LogP contribution >= 0.6 is 0 Å². The molecule has 1 fully saturated rings. The van der Waals surface area contributed by atoms with Crippen LogP contribution in [0.4, 0.5) is 13.2 Å². The molecule has 1 aliphatic rings. The van der Waals surface area contributed by atoms with Gasteiger partial charge in [-0.3, -0.25) is 9.67 Å². The van der Waals surface area contributed by atoms with Crippen LogP contribution in [0.1, 0.15) is 29.6 Å². The zero-order valence-corrected chi connectivity index (χ0v) is 16.6. The summed E-state index contributed by atoms with van der Waals surface area (Å²) < 4.78 is 52.3. The van der Waals surface area contributed by atoms with Gasteiger partial charge in [0.1, 0.15) is 11.6 Å². The van der Waals surface area contributed by atoms with Gasteiger partial charge in [-0.15, -0.1) is 0 Å². The number of aromatic nitrogens is 5. The summed E-state index contributed by atoms with van der Waals surface area (Å²) in [4.78, 5) is 12.7. The Morgan fingerprint density at radius 3 is 2.63 bits per heavy atom. The Bertz CT molecular complexity index is 1050. The Hall–Kier alpha value is -3.17. The van der Waals surface area contributed by atoms with Gasteiger partial charge in [-0.2, -0.15) is 23.3 Å². The van der Waals surface area contributed by atoms with E-state index in [1.54, 1.807) is 20.2 Å². The Morgan fingerprint density at radius 1 is 1.17 bits per heavy atom. The second-order valence-electron chi connectivity index (χ2n) is 7.24. The van der Waals surface area contributed by atoms with Crippen molar-refractivity contribution in [2.24, 2.45) is 13.0 Å². The van der Waals surface area contributed by atoms with Crippen molar-refractivity contribution in [1.29, 1.82) is 0 Å². The van der Waals surface area contributed by atoms with Gasteiger partial charge in [0.25, 0.3) is 0 Å². The van der Waals surface area contributed by atoms with E-state index in [0.29, 0.717) is 18.2 Å². The van der Waals surface area contributed by atoms with Gasteiger partial charge < -0.3 is 9.47 Å². The molecule has 2 atom stereocenters. The third-order valence-electron chi connectivity index (χ3n) is 4.99. The number of halogens is 3. The Morgan fingerprint density at radius 2 is 1.97 bits per heavy atom. The third kappa shape index (κ3) is 4.07. The Kier molecular flexibility index (Phi) is 5.08. The molecule has 3 heterocycles. The lowest BCUT2D eigenvalue weighted by Gasteiger charge is -2.12. The van der Waals surface area contributed by atoms with Crippen molar-refractivity contribution in [3.8, 4) is 22.8 Å². The Balaban J connectivity index is 1.53. The lowest BCUT2D eigenvalue weighted by Crippen LogP contribution is -2.10. The number of alkyl halides is 3.